The number of nitrogens with one attached hydrogen (secondary N) is 1. The Morgan fingerprint density at radius 2 is 2.30 bits per heavy atom. The largest absolute Gasteiger partial charge is 0.383 e. The van der Waals surface area contributed by atoms with Crippen LogP contribution in [0.25, 0.3) is 11.4 Å². The summed E-state index contributed by atoms with van der Waals surface area (Å²) < 4.78 is 6.25. The minimum Gasteiger partial charge on any atom is -0.383 e. The predicted molar refractivity (Wildman–Crippen MR) is 90.8 cm³/mol. The Bertz CT molecular complexity index is 679. The van der Waals surface area contributed by atoms with Gasteiger partial charge in [-0.1, -0.05) is 35.5 Å². The first-order chi connectivity index (χ1) is 11.0. The van der Waals surface area contributed by atoms with E-state index in [4.69, 9.17) is 22.2 Å². The number of nitrogens with two attached hydrogens (primary N) is 1. The Hall–Kier alpha value is -1.77. The number of ether oxygens (including phenoxy) is 1. The third-order valence-electron chi connectivity index (χ3n) is 3.00. The SMILES string of the molecule is COCCNC(=O)[C@@H](C)Sc1nnc(-c2cccc(Cl)c2)n1N. The van der Waals surface area contributed by atoms with E-state index in [-0.39, 0.29) is 11.2 Å². The van der Waals surface area contributed by atoms with Gasteiger partial charge in [0.2, 0.25) is 11.1 Å². The molecule has 1 atom stereocenters. The van der Waals surface area contributed by atoms with Gasteiger partial charge in [0.05, 0.1) is 11.9 Å². The van der Waals surface area contributed by atoms with Crippen molar-refractivity contribution >= 4 is 29.3 Å². The number of thioether (sulfide) groups is 1. The van der Waals surface area contributed by atoms with Gasteiger partial charge in [-0.25, -0.2) is 4.68 Å². The summed E-state index contributed by atoms with van der Waals surface area (Å²) >= 11 is 7.21. The van der Waals surface area contributed by atoms with Crippen molar-refractivity contribution in [2.45, 2.75) is 17.3 Å². The summed E-state index contributed by atoms with van der Waals surface area (Å²) in [5, 5.41) is 11.6. The zero-order valence-corrected chi connectivity index (χ0v) is 14.4. The number of hydrogen-bond donors (Lipinski definition) is 2. The smallest absolute Gasteiger partial charge is 0.233 e. The molecule has 0 saturated carbocycles. The van der Waals surface area contributed by atoms with Gasteiger partial charge in [0, 0.05) is 24.2 Å². The molecular weight excluding hydrogens is 338 g/mol. The first-order valence-electron chi connectivity index (χ1n) is 6.92. The molecule has 7 nitrogen and oxygen atoms in total. The Morgan fingerprint density at radius 1 is 1.52 bits per heavy atom. The van der Waals surface area contributed by atoms with Gasteiger partial charge in [-0.05, 0) is 19.1 Å². The Balaban J connectivity index is 2.06. The second kappa shape index (κ2) is 8.19. The van der Waals surface area contributed by atoms with Crippen LogP contribution >= 0.6 is 23.4 Å². The Labute approximate surface area is 143 Å². The molecule has 1 heterocycles. The minimum absolute atomic E-state index is 0.112. The van der Waals surface area contributed by atoms with Crippen LogP contribution in [0.2, 0.25) is 5.02 Å². The quantitative estimate of drug-likeness (QED) is 0.444. The molecule has 1 aromatic carbocycles. The van der Waals surface area contributed by atoms with E-state index in [0.29, 0.717) is 29.2 Å². The van der Waals surface area contributed by atoms with Gasteiger partial charge in [0.15, 0.2) is 5.82 Å². The third kappa shape index (κ3) is 4.60. The number of carbonyl (C=O) groups excluding carboxylic acids is 1. The van der Waals surface area contributed by atoms with Crippen LogP contribution in [0.1, 0.15) is 6.92 Å². The lowest BCUT2D eigenvalue weighted by Gasteiger charge is -2.11. The van der Waals surface area contributed by atoms with E-state index in [9.17, 15) is 4.79 Å². The topological polar surface area (TPSA) is 95.1 Å². The van der Waals surface area contributed by atoms with Gasteiger partial charge in [0.25, 0.3) is 0 Å². The van der Waals surface area contributed by atoms with E-state index in [0.717, 1.165) is 5.56 Å². The zero-order valence-electron chi connectivity index (χ0n) is 12.8. The summed E-state index contributed by atoms with van der Waals surface area (Å²) in [7, 11) is 1.58. The van der Waals surface area contributed by atoms with E-state index in [1.54, 1.807) is 26.2 Å². The van der Waals surface area contributed by atoms with Gasteiger partial charge in [0.1, 0.15) is 0 Å². The lowest BCUT2D eigenvalue weighted by molar-refractivity contribution is -0.120. The Kier molecular flexibility index (Phi) is 6.26. The van der Waals surface area contributed by atoms with Crippen molar-refractivity contribution in [3.63, 3.8) is 0 Å². The number of hydrogen-bond acceptors (Lipinski definition) is 6. The maximum absolute atomic E-state index is 12.0. The van der Waals surface area contributed by atoms with Crippen molar-refractivity contribution < 1.29 is 9.53 Å². The van der Waals surface area contributed by atoms with Gasteiger partial charge < -0.3 is 15.9 Å². The fourth-order valence-electron chi connectivity index (χ4n) is 1.81. The van der Waals surface area contributed by atoms with Crippen LogP contribution in [-0.4, -0.2) is 46.3 Å². The van der Waals surface area contributed by atoms with Crippen LogP contribution in [0.3, 0.4) is 0 Å². The van der Waals surface area contributed by atoms with E-state index >= 15 is 0 Å². The molecule has 0 aliphatic carbocycles. The summed E-state index contributed by atoms with van der Waals surface area (Å²) in [6.45, 7) is 2.71. The molecule has 0 unspecified atom stereocenters. The maximum atomic E-state index is 12.0. The molecule has 0 aliphatic rings. The molecule has 0 spiro atoms. The van der Waals surface area contributed by atoms with Crippen LogP contribution in [0.5, 0.6) is 0 Å². The highest BCUT2D eigenvalue weighted by molar-refractivity contribution is 8.00. The molecule has 2 aromatic rings. The van der Waals surface area contributed by atoms with Crippen LogP contribution in [0.15, 0.2) is 29.4 Å². The highest BCUT2D eigenvalue weighted by Gasteiger charge is 2.19. The molecule has 23 heavy (non-hydrogen) atoms. The van der Waals surface area contributed by atoms with Crippen LogP contribution in [0, 0.1) is 0 Å². The lowest BCUT2D eigenvalue weighted by Crippen LogP contribution is -2.33. The molecule has 2 rings (SSSR count). The minimum atomic E-state index is -0.356. The third-order valence-corrected chi connectivity index (χ3v) is 4.30. The molecule has 1 amide bonds. The molecule has 9 heteroatoms. The van der Waals surface area contributed by atoms with E-state index < -0.39 is 0 Å². The molecular formula is C14H18ClN5O2S. The second-order valence-corrected chi connectivity index (χ2v) is 6.47. The number of aromatic nitrogens is 3. The van der Waals surface area contributed by atoms with Gasteiger partial charge >= 0.3 is 0 Å². The van der Waals surface area contributed by atoms with E-state index in [1.807, 2.05) is 12.1 Å². The van der Waals surface area contributed by atoms with Crippen LogP contribution in [-0.2, 0) is 9.53 Å². The number of nitrogens with zero attached hydrogens (tertiary/aromatic N) is 3. The number of rotatable bonds is 7. The molecule has 0 radical (unpaired) electrons. The van der Waals surface area contributed by atoms with Crippen molar-refractivity contribution in [3.05, 3.63) is 29.3 Å². The van der Waals surface area contributed by atoms with Gasteiger partial charge in [-0.15, -0.1) is 10.2 Å². The van der Waals surface area contributed by atoms with Gasteiger partial charge in [-0.3, -0.25) is 4.79 Å². The molecule has 0 bridgehead atoms. The normalized spacial score (nSPS) is 12.1. The summed E-state index contributed by atoms with van der Waals surface area (Å²) in [4.78, 5) is 12.0. The van der Waals surface area contributed by atoms with Crippen LogP contribution in [0.4, 0.5) is 0 Å². The summed E-state index contributed by atoms with van der Waals surface area (Å²) in [5.41, 5.74) is 0.761. The first-order valence-corrected chi connectivity index (χ1v) is 8.18. The summed E-state index contributed by atoms with van der Waals surface area (Å²) in [6, 6.07) is 7.17. The average Bonchev–Trinajstić information content (AvgIpc) is 2.88. The second-order valence-electron chi connectivity index (χ2n) is 4.73. The highest BCUT2D eigenvalue weighted by Crippen LogP contribution is 2.26. The fourth-order valence-corrected chi connectivity index (χ4v) is 2.80. The summed E-state index contributed by atoms with van der Waals surface area (Å²) in [5.74, 6) is 6.41. The molecule has 124 valence electrons. The number of carbonyl (C=O) groups is 1. The van der Waals surface area contributed by atoms with Crippen molar-refractivity contribution in [2.24, 2.45) is 0 Å². The summed E-state index contributed by atoms with van der Waals surface area (Å²) in [6.07, 6.45) is 0. The van der Waals surface area contributed by atoms with E-state index in [2.05, 4.69) is 15.5 Å². The standard InChI is InChI=1S/C14H18ClN5O2S/c1-9(13(21)17-6-7-22-2)23-14-19-18-12(20(14)16)10-4-3-5-11(15)8-10/h3-5,8-9H,6-7,16H2,1-2H3,(H,17,21)/t9-/m1/s1. The lowest BCUT2D eigenvalue weighted by atomic mass is 10.2. The molecule has 0 aliphatic heterocycles. The number of benzene rings is 1. The molecule has 0 saturated heterocycles. The van der Waals surface area contributed by atoms with Crippen LogP contribution < -0.4 is 11.2 Å². The number of amides is 1. The zero-order chi connectivity index (χ0) is 16.8. The average molecular weight is 356 g/mol. The Morgan fingerprint density at radius 3 is 3.00 bits per heavy atom. The van der Waals surface area contributed by atoms with Crippen molar-refractivity contribution in [1.82, 2.24) is 20.2 Å². The van der Waals surface area contributed by atoms with Gasteiger partial charge in [-0.2, -0.15) is 0 Å². The number of methoxy groups -OCH3 is 1. The number of halogens is 1. The first kappa shape index (κ1) is 17.6. The maximum Gasteiger partial charge on any atom is 0.233 e. The van der Waals surface area contributed by atoms with Crippen molar-refractivity contribution in [3.8, 4) is 11.4 Å². The van der Waals surface area contributed by atoms with Crippen molar-refractivity contribution in [2.75, 3.05) is 26.1 Å². The molecule has 1 aromatic heterocycles. The van der Waals surface area contributed by atoms with E-state index in [1.165, 1.54) is 16.4 Å². The predicted octanol–water partition coefficient (Wildman–Crippen LogP) is 1.56. The van der Waals surface area contributed by atoms with Crippen molar-refractivity contribution in [1.29, 1.82) is 0 Å². The molecule has 3 N–H and O–H groups in total. The fraction of sp³-hybridized carbons (Fsp3) is 0.357. The molecule has 0 fully saturated rings. The monoisotopic (exact) mass is 355 g/mol. The highest BCUT2D eigenvalue weighted by atomic mass is 35.5. The number of nitrogen functional groups attached to an aromatic ring is 1.